The van der Waals surface area contributed by atoms with Gasteiger partial charge in [0.15, 0.2) is 0 Å². The van der Waals surface area contributed by atoms with Crippen LogP contribution in [0.15, 0.2) is 6.20 Å². The van der Waals surface area contributed by atoms with Crippen molar-refractivity contribution in [2.45, 2.75) is 18.5 Å². The number of aryl methyl sites for hydroxylation is 1. The number of hydrogen-bond donors (Lipinski definition) is 1. The summed E-state index contributed by atoms with van der Waals surface area (Å²) in [6.45, 7) is 0. The molecule has 0 aliphatic carbocycles. The molecule has 0 saturated carbocycles. The Labute approximate surface area is 82.5 Å². The molecule has 1 atom stereocenters. The Morgan fingerprint density at radius 1 is 1.67 bits per heavy atom. The monoisotopic (exact) mass is 223 g/mol. The number of rotatable bonds is 3. The van der Waals surface area contributed by atoms with Crippen LogP contribution in [0.3, 0.4) is 0 Å². The average Bonchev–Trinajstić information content (AvgIpc) is 2.45. The van der Waals surface area contributed by atoms with Crippen LogP contribution in [0, 0.1) is 0 Å². The van der Waals surface area contributed by atoms with Crippen molar-refractivity contribution < 1.29 is 23.1 Å². The Hall–Kier alpha value is -1.60. The van der Waals surface area contributed by atoms with Crippen LogP contribution in [0.4, 0.5) is 13.2 Å². The number of alkyl halides is 3. The van der Waals surface area contributed by atoms with E-state index in [2.05, 4.69) is 10.3 Å². The minimum Gasteiger partial charge on any atom is -0.481 e. The molecule has 1 unspecified atom stereocenters. The summed E-state index contributed by atoms with van der Waals surface area (Å²) in [4.78, 5) is 10.3. The van der Waals surface area contributed by atoms with Crippen molar-refractivity contribution in [1.29, 1.82) is 0 Å². The van der Waals surface area contributed by atoms with Gasteiger partial charge in [-0.05, 0) is 0 Å². The van der Waals surface area contributed by atoms with Gasteiger partial charge >= 0.3 is 12.1 Å². The minimum atomic E-state index is -4.63. The van der Waals surface area contributed by atoms with Crippen LogP contribution in [0.2, 0.25) is 0 Å². The van der Waals surface area contributed by atoms with E-state index in [1.54, 1.807) is 0 Å². The van der Waals surface area contributed by atoms with Gasteiger partial charge in [0, 0.05) is 13.2 Å². The lowest BCUT2D eigenvalue weighted by atomic mass is 10.0. The van der Waals surface area contributed by atoms with Crippen LogP contribution in [0.25, 0.3) is 0 Å². The average molecular weight is 223 g/mol. The third kappa shape index (κ3) is 2.93. The lowest BCUT2D eigenvalue weighted by Crippen LogP contribution is -2.24. The van der Waals surface area contributed by atoms with Crippen molar-refractivity contribution in [1.82, 2.24) is 15.0 Å². The molecule has 0 aliphatic rings. The molecule has 0 aromatic carbocycles. The second kappa shape index (κ2) is 3.87. The van der Waals surface area contributed by atoms with Gasteiger partial charge in [-0.2, -0.15) is 13.2 Å². The van der Waals surface area contributed by atoms with Crippen molar-refractivity contribution in [3.8, 4) is 0 Å². The highest BCUT2D eigenvalue weighted by atomic mass is 19.4. The van der Waals surface area contributed by atoms with E-state index in [0.29, 0.717) is 0 Å². The third-order valence-electron chi connectivity index (χ3n) is 1.75. The first-order chi connectivity index (χ1) is 6.80. The van der Waals surface area contributed by atoms with Gasteiger partial charge in [-0.3, -0.25) is 9.48 Å². The highest BCUT2D eigenvalue weighted by Crippen LogP contribution is 2.36. The molecule has 8 heteroatoms. The fraction of sp³-hybridized carbons (Fsp3) is 0.571. The number of halogens is 3. The lowest BCUT2D eigenvalue weighted by molar-refractivity contribution is -0.164. The topological polar surface area (TPSA) is 68.0 Å². The zero-order chi connectivity index (χ0) is 11.6. The molecule has 0 radical (unpaired) electrons. The molecule has 1 heterocycles. The first kappa shape index (κ1) is 11.5. The van der Waals surface area contributed by atoms with E-state index in [4.69, 9.17) is 5.11 Å². The van der Waals surface area contributed by atoms with Crippen LogP contribution >= 0.6 is 0 Å². The zero-order valence-electron chi connectivity index (χ0n) is 7.69. The van der Waals surface area contributed by atoms with Crippen LogP contribution < -0.4 is 0 Å². The number of carboxylic acids is 1. The summed E-state index contributed by atoms with van der Waals surface area (Å²) < 4.78 is 38.4. The van der Waals surface area contributed by atoms with E-state index in [1.807, 2.05) is 0 Å². The largest absolute Gasteiger partial charge is 0.481 e. The maximum Gasteiger partial charge on any atom is 0.397 e. The van der Waals surface area contributed by atoms with Crippen molar-refractivity contribution in [2.75, 3.05) is 0 Å². The number of hydrogen-bond acceptors (Lipinski definition) is 3. The van der Waals surface area contributed by atoms with Crippen molar-refractivity contribution in [2.24, 2.45) is 7.05 Å². The van der Waals surface area contributed by atoms with Crippen molar-refractivity contribution >= 4 is 5.97 Å². The van der Waals surface area contributed by atoms with E-state index >= 15 is 0 Å². The molecule has 0 bridgehead atoms. The number of aromatic nitrogens is 3. The summed E-state index contributed by atoms with van der Waals surface area (Å²) in [6.07, 6.45) is -4.61. The highest BCUT2D eigenvalue weighted by Gasteiger charge is 2.43. The van der Waals surface area contributed by atoms with Crippen molar-refractivity contribution in [3.05, 3.63) is 11.9 Å². The summed E-state index contributed by atoms with van der Waals surface area (Å²) in [5.41, 5.74) is -0.382. The van der Waals surface area contributed by atoms with Gasteiger partial charge in [-0.25, -0.2) is 0 Å². The van der Waals surface area contributed by atoms with E-state index in [0.717, 1.165) is 10.9 Å². The van der Waals surface area contributed by atoms with Gasteiger partial charge in [-0.15, -0.1) is 5.10 Å². The maximum atomic E-state index is 12.4. The van der Waals surface area contributed by atoms with E-state index in [-0.39, 0.29) is 5.69 Å². The second-order valence-corrected chi connectivity index (χ2v) is 3.01. The number of aliphatic carboxylic acids is 1. The summed E-state index contributed by atoms with van der Waals surface area (Å²) in [5.74, 6) is -3.63. The van der Waals surface area contributed by atoms with Crippen LogP contribution in [-0.2, 0) is 11.8 Å². The Morgan fingerprint density at radius 3 is 2.60 bits per heavy atom. The smallest absolute Gasteiger partial charge is 0.397 e. The van der Waals surface area contributed by atoms with Crippen molar-refractivity contribution in [3.63, 3.8) is 0 Å². The number of carbonyl (C=O) groups is 1. The predicted molar refractivity (Wildman–Crippen MR) is 42.1 cm³/mol. The summed E-state index contributed by atoms with van der Waals surface area (Å²) in [5, 5.41) is 15.0. The summed E-state index contributed by atoms with van der Waals surface area (Å²) >= 11 is 0. The zero-order valence-corrected chi connectivity index (χ0v) is 7.69. The molecule has 0 spiro atoms. The molecule has 0 saturated heterocycles. The molecule has 1 aromatic rings. The normalized spacial score (nSPS) is 13.9. The lowest BCUT2D eigenvalue weighted by Gasteiger charge is -2.15. The fourth-order valence-electron chi connectivity index (χ4n) is 1.09. The molecule has 1 aromatic heterocycles. The Morgan fingerprint density at radius 2 is 2.27 bits per heavy atom. The Bertz CT molecular complexity index is 361. The molecular weight excluding hydrogens is 215 g/mol. The first-order valence-electron chi connectivity index (χ1n) is 3.95. The summed E-state index contributed by atoms with van der Waals surface area (Å²) in [7, 11) is 1.41. The Balaban J connectivity index is 2.96. The first-order valence-corrected chi connectivity index (χ1v) is 3.95. The quantitative estimate of drug-likeness (QED) is 0.827. The van der Waals surface area contributed by atoms with Gasteiger partial charge in [0.1, 0.15) is 5.92 Å². The summed E-state index contributed by atoms with van der Waals surface area (Å²) in [6, 6.07) is 0. The molecule has 84 valence electrons. The SMILES string of the molecule is Cn1cc(C(CC(=O)O)C(F)(F)F)nn1. The third-order valence-corrected chi connectivity index (χ3v) is 1.75. The van der Waals surface area contributed by atoms with E-state index in [1.165, 1.54) is 7.05 Å². The molecule has 0 amide bonds. The maximum absolute atomic E-state index is 12.4. The second-order valence-electron chi connectivity index (χ2n) is 3.01. The number of carboxylic acid groups (broad SMARTS) is 1. The molecule has 15 heavy (non-hydrogen) atoms. The van der Waals surface area contributed by atoms with Gasteiger partial charge in [0.05, 0.1) is 12.1 Å². The molecule has 5 nitrogen and oxygen atoms in total. The Kier molecular flexibility index (Phi) is 2.96. The molecule has 1 rings (SSSR count). The van der Waals surface area contributed by atoms with Gasteiger partial charge < -0.3 is 5.11 Å². The fourth-order valence-corrected chi connectivity index (χ4v) is 1.09. The number of nitrogens with zero attached hydrogens (tertiary/aromatic N) is 3. The highest BCUT2D eigenvalue weighted by molar-refractivity contribution is 5.68. The van der Waals surface area contributed by atoms with Gasteiger partial charge in [0.2, 0.25) is 0 Å². The minimum absolute atomic E-state index is 0.382. The molecule has 1 N–H and O–H groups in total. The van der Waals surface area contributed by atoms with Crippen LogP contribution in [-0.4, -0.2) is 32.2 Å². The van der Waals surface area contributed by atoms with Crippen LogP contribution in [0.1, 0.15) is 18.0 Å². The van der Waals surface area contributed by atoms with Gasteiger partial charge in [0.25, 0.3) is 0 Å². The van der Waals surface area contributed by atoms with E-state index < -0.39 is 24.5 Å². The van der Waals surface area contributed by atoms with E-state index in [9.17, 15) is 18.0 Å². The predicted octanol–water partition coefficient (Wildman–Crippen LogP) is 0.936. The molecular formula is C7H8F3N3O2. The standard InChI is InChI=1S/C7H8F3N3O2/c1-13-3-5(11-12-13)4(2-6(14)15)7(8,9)10/h3-4H,2H2,1H3,(H,14,15). The molecule has 0 aliphatic heterocycles. The van der Waals surface area contributed by atoms with Crippen LogP contribution in [0.5, 0.6) is 0 Å². The molecule has 0 fully saturated rings. The van der Waals surface area contributed by atoms with Gasteiger partial charge in [-0.1, -0.05) is 5.21 Å².